The molecule has 21 heavy (non-hydrogen) atoms. The third-order valence-corrected chi connectivity index (χ3v) is 4.92. The van der Waals surface area contributed by atoms with E-state index in [1.165, 1.54) is 25.7 Å². The summed E-state index contributed by atoms with van der Waals surface area (Å²) in [7, 11) is 3.80. The molecular formula is C18H29NO2. The van der Waals surface area contributed by atoms with Gasteiger partial charge < -0.3 is 14.7 Å². The predicted octanol–water partition coefficient (Wildman–Crippen LogP) is 4.15. The average Bonchev–Trinajstić information content (AvgIpc) is 2.45. The van der Waals surface area contributed by atoms with E-state index in [9.17, 15) is 5.11 Å². The second-order valence-electron chi connectivity index (χ2n) is 7.08. The fraction of sp³-hybridized carbons (Fsp3) is 0.667. The zero-order chi connectivity index (χ0) is 15.6. The molecule has 118 valence electrons. The van der Waals surface area contributed by atoms with Crippen molar-refractivity contribution in [2.24, 2.45) is 5.41 Å². The number of aliphatic hydroxyl groups excluding tert-OH is 1. The quantitative estimate of drug-likeness (QED) is 0.904. The van der Waals surface area contributed by atoms with Crippen molar-refractivity contribution in [1.82, 2.24) is 0 Å². The molecule has 0 radical (unpaired) electrons. The largest absolute Gasteiger partial charge is 0.496 e. The van der Waals surface area contributed by atoms with Gasteiger partial charge in [0.25, 0.3) is 0 Å². The average molecular weight is 291 g/mol. The van der Waals surface area contributed by atoms with Crippen LogP contribution >= 0.6 is 0 Å². The summed E-state index contributed by atoms with van der Waals surface area (Å²) in [6.07, 6.45) is 4.41. The number of ether oxygens (including phenoxy) is 1. The van der Waals surface area contributed by atoms with Gasteiger partial charge in [-0.15, -0.1) is 0 Å². The van der Waals surface area contributed by atoms with E-state index in [4.69, 9.17) is 4.74 Å². The zero-order valence-corrected chi connectivity index (χ0v) is 14.0. The molecule has 0 bridgehead atoms. The Morgan fingerprint density at radius 1 is 1.29 bits per heavy atom. The van der Waals surface area contributed by atoms with Crippen LogP contribution in [-0.4, -0.2) is 25.3 Å². The Hall–Kier alpha value is -1.22. The summed E-state index contributed by atoms with van der Waals surface area (Å²) in [5.74, 6) is 0.769. The molecule has 0 unspecified atom stereocenters. The number of nitrogens with zero attached hydrogens (tertiary/aromatic N) is 1. The van der Waals surface area contributed by atoms with Crippen molar-refractivity contribution < 1.29 is 9.84 Å². The fourth-order valence-electron chi connectivity index (χ4n) is 3.41. The lowest BCUT2D eigenvalue weighted by atomic mass is 9.75. The molecule has 0 heterocycles. The SMILES string of the molecule is COc1cccc(N(C)C2CCC(C)(C)CC2)c1[C@@H](C)O. The smallest absolute Gasteiger partial charge is 0.126 e. The topological polar surface area (TPSA) is 32.7 Å². The normalized spacial score (nSPS) is 20.1. The van der Waals surface area contributed by atoms with Gasteiger partial charge in [0.05, 0.1) is 13.2 Å². The van der Waals surface area contributed by atoms with Crippen LogP contribution in [-0.2, 0) is 0 Å². The van der Waals surface area contributed by atoms with Crippen molar-refractivity contribution in [2.75, 3.05) is 19.1 Å². The van der Waals surface area contributed by atoms with Crippen molar-refractivity contribution in [3.8, 4) is 5.75 Å². The molecule has 1 aliphatic carbocycles. The Labute approximate surface area is 128 Å². The van der Waals surface area contributed by atoms with E-state index in [2.05, 4.69) is 31.9 Å². The van der Waals surface area contributed by atoms with Gasteiger partial charge in [0.1, 0.15) is 5.75 Å². The van der Waals surface area contributed by atoms with Crippen molar-refractivity contribution in [3.63, 3.8) is 0 Å². The fourth-order valence-corrected chi connectivity index (χ4v) is 3.41. The summed E-state index contributed by atoms with van der Waals surface area (Å²) in [6, 6.07) is 6.56. The lowest BCUT2D eigenvalue weighted by molar-refractivity contribution is 0.193. The third kappa shape index (κ3) is 3.52. The molecule has 1 aromatic rings. The molecule has 3 nitrogen and oxygen atoms in total. The summed E-state index contributed by atoms with van der Waals surface area (Å²) in [5.41, 5.74) is 2.46. The van der Waals surface area contributed by atoms with E-state index in [0.29, 0.717) is 11.5 Å². The number of rotatable bonds is 4. The minimum Gasteiger partial charge on any atom is -0.496 e. The van der Waals surface area contributed by atoms with Gasteiger partial charge in [-0.1, -0.05) is 19.9 Å². The highest BCUT2D eigenvalue weighted by atomic mass is 16.5. The van der Waals surface area contributed by atoms with Crippen LogP contribution in [0.5, 0.6) is 5.75 Å². The van der Waals surface area contributed by atoms with Crippen molar-refractivity contribution in [3.05, 3.63) is 23.8 Å². The Morgan fingerprint density at radius 2 is 1.90 bits per heavy atom. The number of methoxy groups -OCH3 is 1. The van der Waals surface area contributed by atoms with Crippen molar-refractivity contribution in [2.45, 2.75) is 58.6 Å². The Morgan fingerprint density at radius 3 is 2.43 bits per heavy atom. The number of aliphatic hydroxyl groups is 1. The molecule has 0 aliphatic heterocycles. The van der Waals surface area contributed by atoms with E-state index in [0.717, 1.165) is 17.0 Å². The molecule has 0 spiro atoms. The highest BCUT2D eigenvalue weighted by Crippen LogP contribution is 2.40. The van der Waals surface area contributed by atoms with Gasteiger partial charge in [0, 0.05) is 24.3 Å². The second kappa shape index (κ2) is 6.27. The van der Waals surface area contributed by atoms with Gasteiger partial charge in [-0.05, 0) is 50.2 Å². The first-order chi connectivity index (χ1) is 9.85. The molecule has 0 amide bonds. The van der Waals surface area contributed by atoms with E-state index in [1.54, 1.807) is 14.0 Å². The molecule has 1 fully saturated rings. The van der Waals surface area contributed by atoms with Gasteiger partial charge in [0.2, 0.25) is 0 Å². The van der Waals surface area contributed by atoms with Crippen LogP contribution < -0.4 is 9.64 Å². The lowest BCUT2D eigenvalue weighted by Crippen LogP contribution is -2.37. The minimum absolute atomic E-state index is 0.471. The second-order valence-corrected chi connectivity index (χ2v) is 7.08. The van der Waals surface area contributed by atoms with Crippen LogP contribution in [0.4, 0.5) is 5.69 Å². The molecule has 0 saturated heterocycles. The zero-order valence-electron chi connectivity index (χ0n) is 14.0. The third-order valence-electron chi connectivity index (χ3n) is 4.92. The highest BCUT2D eigenvalue weighted by molar-refractivity contribution is 5.60. The summed E-state index contributed by atoms with van der Waals surface area (Å²) < 4.78 is 5.43. The summed E-state index contributed by atoms with van der Waals surface area (Å²) >= 11 is 0. The van der Waals surface area contributed by atoms with E-state index >= 15 is 0 Å². The molecule has 1 N–H and O–H groups in total. The number of hydrogen-bond donors (Lipinski definition) is 1. The van der Waals surface area contributed by atoms with Crippen LogP contribution in [0.3, 0.4) is 0 Å². The first-order valence-electron chi connectivity index (χ1n) is 7.93. The molecule has 3 heteroatoms. The Kier molecular flexibility index (Phi) is 4.82. The Balaban J connectivity index is 2.25. The van der Waals surface area contributed by atoms with Gasteiger partial charge in [-0.2, -0.15) is 0 Å². The van der Waals surface area contributed by atoms with Crippen LogP contribution in [0, 0.1) is 5.41 Å². The van der Waals surface area contributed by atoms with Gasteiger partial charge >= 0.3 is 0 Å². The van der Waals surface area contributed by atoms with E-state index < -0.39 is 6.10 Å². The monoisotopic (exact) mass is 291 g/mol. The summed E-state index contributed by atoms with van der Waals surface area (Å²) in [5, 5.41) is 10.1. The molecule has 1 aromatic carbocycles. The lowest BCUT2D eigenvalue weighted by Gasteiger charge is -2.40. The summed E-state index contributed by atoms with van der Waals surface area (Å²) in [4.78, 5) is 2.33. The number of anilines is 1. The first-order valence-corrected chi connectivity index (χ1v) is 7.93. The van der Waals surface area contributed by atoms with Crippen LogP contribution in [0.1, 0.15) is 58.1 Å². The molecule has 2 rings (SSSR count). The number of hydrogen-bond acceptors (Lipinski definition) is 3. The predicted molar refractivity (Wildman–Crippen MR) is 88.1 cm³/mol. The van der Waals surface area contributed by atoms with Gasteiger partial charge in [-0.25, -0.2) is 0 Å². The maximum Gasteiger partial charge on any atom is 0.126 e. The molecule has 1 atom stereocenters. The minimum atomic E-state index is -0.529. The molecule has 1 aliphatic rings. The standard InChI is InChI=1S/C18H29NO2/c1-13(20)17-15(7-6-8-16(17)21-5)19(4)14-9-11-18(2,3)12-10-14/h6-8,13-14,20H,9-12H2,1-5H3/t13-/m1/s1. The molecule has 0 aromatic heterocycles. The van der Waals surface area contributed by atoms with Gasteiger partial charge in [-0.3, -0.25) is 0 Å². The summed E-state index contributed by atoms with van der Waals surface area (Å²) in [6.45, 7) is 6.52. The Bertz CT molecular complexity index is 472. The van der Waals surface area contributed by atoms with Gasteiger partial charge in [0.15, 0.2) is 0 Å². The maximum atomic E-state index is 10.1. The molecule has 1 saturated carbocycles. The van der Waals surface area contributed by atoms with Crippen LogP contribution in [0.25, 0.3) is 0 Å². The first kappa shape index (κ1) is 16.2. The van der Waals surface area contributed by atoms with Crippen molar-refractivity contribution in [1.29, 1.82) is 0 Å². The van der Waals surface area contributed by atoms with E-state index in [1.807, 2.05) is 12.1 Å². The van der Waals surface area contributed by atoms with E-state index in [-0.39, 0.29) is 0 Å². The number of benzene rings is 1. The van der Waals surface area contributed by atoms with Crippen LogP contribution in [0.15, 0.2) is 18.2 Å². The van der Waals surface area contributed by atoms with Crippen LogP contribution in [0.2, 0.25) is 0 Å². The maximum absolute atomic E-state index is 10.1. The van der Waals surface area contributed by atoms with Crippen molar-refractivity contribution >= 4 is 5.69 Å². The molecular weight excluding hydrogens is 262 g/mol. The highest BCUT2D eigenvalue weighted by Gasteiger charge is 2.30.